The highest BCUT2D eigenvalue weighted by atomic mass is 31.2. The molecule has 6 nitrogen and oxygen atoms in total. The molecule has 0 radical (unpaired) electrons. The van der Waals surface area contributed by atoms with Crippen molar-refractivity contribution in [3.63, 3.8) is 0 Å². The van der Waals surface area contributed by atoms with Gasteiger partial charge in [0, 0.05) is 0 Å². The molecule has 0 heterocycles. The van der Waals surface area contributed by atoms with Crippen LogP contribution in [0.15, 0.2) is 0 Å². The lowest BCUT2D eigenvalue weighted by atomic mass is 10.0. The van der Waals surface area contributed by atoms with Crippen LogP contribution in [0.5, 0.6) is 0 Å². The third-order valence-electron chi connectivity index (χ3n) is 4.55. The molecule has 2 unspecified atom stereocenters. The number of aliphatic hydroxyl groups excluding tert-OH is 1. The van der Waals surface area contributed by atoms with Gasteiger partial charge in [-0.05, 0) is 6.42 Å². The number of quaternary nitrogens is 1. The summed E-state index contributed by atoms with van der Waals surface area (Å²) in [6.07, 6.45) is 13.2. The summed E-state index contributed by atoms with van der Waals surface area (Å²) in [4.78, 5) is 19.1. The van der Waals surface area contributed by atoms with Crippen molar-refractivity contribution in [2.75, 3.05) is 33.8 Å². The zero-order valence-corrected chi connectivity index (χ0v) is 17.4. The molecule has 25 heavy (non-hydrogen) atoms. The van der Waals surface area contributed by atoms with Gasteiger partial charge in [0.2, 0.25) is 0 Å². The first-order chi connectivity index (χ1) is 11.7. The second-order valence-corrected chi connectivity index (χ2v) is 8.96. The van der Waals surface area contributed by atoms with E-state index in [0.717, 1.165) is 19.3 Å². The Morgan fingerprint density at radius 1 is 1.00 bits per heavy atom. The van der Waals surface area contributed by atoms with Gasteiger partial charge in [-0.3, -0.25) is 4.57 Å². The van der Waals surface area contributed by atoms with E-state index in [1.54, 1.807) is 0 Å². The molecule has 0 saturated carbocycles. The van der Waals surface area contributed by atoms with Crippen LogP contribution < -0.4 is 4.89 Å². The maximum Gasteiger partial charge on any atom is 0.265 e. The maximum atomic E-state index is 10.6. The number of phosphoric ester groups is 1. The van der Waals surface area contributed by atoms with Crippen LogP contribution in [-0.4, -0.2) is 54.4 Å². The van der Waals surface area contributed by atoms with Crippen molar-refractivity contribution in [1.82, 2.24) is 0 Å². The summed E-state index contributed by atoms with van der Waals surface area (Å²) in [6, 6.07) is 0. The number of unbranched alkanes of at least 4 members (excludes halogenated alkanes) is 9. The van der Waals surface area contributed by atoms with E-state index in [2.05, 4.69) is 11.4 Å². The van der Waals surface area contributed by atoms with Crippen molar-refractivity contribution < 1.29 is 28.5 Å². The number of phosphoric acid groups is 1. The van der Waals surface area contributed by atoms with Gasteiger partial charge in [0.25, 0.3) is 7.82 Å². The van der Waals surface area contributed by atoms with E-state index in [-0.39, 0.29) is 6.61 Å². The Balaban J connectivity index is 3.58. The Labute approximate surface area is 154 Å². The van der Waals surface area contributed by atoms with Crippen LogP contribution >= 0.6 is 7.82 Å². The van der Waals surface area contributed by atoms with Gasteiger partial charge < -0.3 is 23.9 Å². The van der Waals surface area contributed by atoms with Gasteiger partial charge >= 0.3 is 0 Å². The number of rotatable bonds is 17. The van der Waals surface area contributed by atoms with E-state index in [4.69, 9.17) is 4.89 Å². The van der Waals surface area contributed by atoms with Crippen molar-refractivity contribution in [1.29, 1.82) is 0 Å². The van der Waals surface area contributed by atoms with E-state index >= 15 is 0 Å². The molecule has 0 aliphatic carbocycles. The molecule has 0 saturated heterocycles. The van der Waals surface area contributed by atoms with Crippen molar-refractivity contribution in [2.24, 2.45) is 0 Å². The van der Waals surface area contributed by atoms with E-state index < -0.39 is 13.9 Å². The van der Waals surface area contributed by atoms with Crippen LogP contribution in [0.1, 0.15) is 77.6 Å². The molecular weight excluding hydrogens is 341 g/mol. The Bertz CT molecular complexity index is 359. The number of aliphatic hydroxyl groups is 1. The molecule has 0 aliphatic rings. The normalized spacial score (nSPS) is 15.9. The maximum absolute atomic E-state index is 10.6. The highest BCUT2D eigenvalue weighted by molar-refractivity contribution is 7.44. The quantitative estimate of drug-likeness (QED) is 0.229. The van der Waals surface area contributed by atoms with Crippen molar-refractivity contribution in [3.05, 3.63) is 0 Å². The molecule has 0 amide bonds. The lowest BCUT2D eigenvalue weighted by Gasteiger charge is -2.32. The number of hydrogen-bond donors (Lipinski definition) is 2. The van der Waals surface area contributed by atoms with Gasteiger partial charge in [0.1, 0.15) is 25.8 Å². The second-order valence-electron chi connectivity index (χ2n) is 7.77. The van der Waals surface area contributed by atoms with E-state index in [9.17, 15) is 14.6 Å². The largest absolute Gasteiger partial charge is 0.756 e. The fraction of sp³-hybridized carbons (Fsp3) is 1.00. The van der Waals surface area contributed by atoms with Gasteiger partial charge in [-0.25, -0.2) is 0 Å². The lowest BCUT2D eigenvalue weighted by molar-refractivity contribution is -0.893. The number of likely N-dealkylation sites (N-methyl/N-ethyl adjacent to an activating group) is 1. The highest BCUT2D eigenvalue weighted by Crippen LogP contribution is 2.29. The lowest BCUT2D eigenvalue weighted by Crippen LogP contribution is -2.47. The molecule has 0 aromatic heterocycles. The van der Waals surface area contributed by atoms with E-state index in [1.807, 2.05) is 14.1 Å². The zero-order chi connectivity index (χ0) is 19.2. The minimum absolute atomic E-state index is 0.0742. The molecule has 152 valence electrons. The molecule has 2 N–H and O–H groups in total. The van der Waals surface area contributed by atoms with Crippen LogP contribution in [0.3, 0.4) is 0 Å². The molecule has 0 rings (SSSR count). The van der Waals surface area contributed by atoms with Crippen LogP contribution in [0, 0.1) is 0 Å². The average Bonchev–Trinajstić information content (AvgIpc) is 2.47. The zero-order valence-electron chi connectivity index (χ0n) is 16.5. The van der Waals surface area contributed by atoms with E-state index in [0.29, 0.717) is 17.6 Å². The predicted octanol–water partition coefficient (Wildman–Crippen LogP) is 3.21. The minimum Gasteiger partial charge on any atom is -0.756 e. The first-order valence-electron chi connectivity index (χ1n) is 9.85. The first kappa shape index (κ1) is 25.0. The van der Waals surface area contributed by atoms with Crippen LogP contribution in [0.25, 0.3) is 0 Å². The molecule has 7 heteroatoms. The predicted molar refractivity (Wildman–Crippen MR) is 100 cm³/mol. The van der Waals surface area contributed by atoms with Crippen LogP contribution in [-0.2, 0) is 9.09 Å². The second kappa shape index (κ2) is 14.1. The summed E-state index contributed by atoms with van der Waals surface area (Å²) < 4.78 is 15.4. The summed E-state index contributed by atoms with van der Waals surface area (Å²) in [5.74, 6) is 0. The van der Waals surface area contributed by atoms with Crippen molar-refractivity contribution >= 4 is 7.82 Å². The van der Waals surface area contributed by atoms with Gasteiger partial charge in [0.15, 0.2) is 0 Å². The smallest absolute Gasteiger partial charge is 0.265 e. The topological polar surface area (TPSA) is 89.8 Å². The highest BCUT2D eigenvalue weighted by Gasteiger charge is 2.20. The Morgan fingerprint density at radius 3 is 1.96 bits per heavy atom. The SMILES string of the molecule is CCCCCCCCCCCCC(O)C[N+](C)(C)CCOP(=O)([O-])O. The molecule has 2 atom stereocenters. The number of nitrogens with zero attached hydrogens (tertiary/aromatic N) is 1. The minimum atomic E-state index is -4.65. The molecule has 0 aromatic rings. The molecule has 0 aromatic carbocycles. The van der Waals surface area contributed by atoms with Gasteiger partial charge in [-0.1, -0.05) is 71.1 Å². The third kappa shape index (κ3) is 18.6. The monoisotopic (exact) mass is 381 g/mol. The van der Waals surface area contributed by atoms with Crippen LogP contribution in [0.2, 0.25) is 0 Å². The van der Waals surface area contributed by atoms with Crippen molar-refractivity contribution in [2.45, 2.75) is 83.7 Å². The third-order valence-corrected chi connectivity index (χ3v) is 5.06. The van der Waals surface area contributed by atoms with Gasteiger partial charge in [0.05, 0.1) is 14.1 Å². The molecular formula is C18H40NO5P. The summed E-state index contributed by atoms with van der Waals surface area (Å²) in [6.45, 7) is 3.13. The summed E-state index contributed by atoms with van der Waals surface area (Å²) in [7, 11) is -0.818. The fourth-order valence-electron chi connectivity index (χ4n) is 3.02. The molecule has 0 bridgehead atoms. The molecule has 0 spiro atoms. The summed E-state index contributed by atoms with van der Waals surface area (Å²) in [5, 5.41) is 10.1. The molecule has 0 aliphatic heterocycles. The Hall–Kier alpha value is 0.0300. The van der Waals surface area contributed by atoms with Gasteiger partial charge in [-0.2, -0.15) is 0 Å². The van der Waals surface area contributed by atoms with E-state index in [1.165, 1.54) is 51.4 Å². The van der Waals surface area contributed by atoms with Gasteiger partial charge in [-0.15, -0.1) is 0 Å². The standard InChI is InChI=1S/C18H40NO5P/c1-4-5-6-7-8-9-10-11-12-13-14-18(20)17-19(2,3)15-16-24-25(21,22)23/h18,20H,4-17H2,1-3H3,(H-,21,22,23). The Kier molecular flexibility index (Phi) is 14.1. The van der Waals surface area contributed by atoms with Crippen molar-refractivity contribution in [3.8, 4) is 0 Å². The molecule has 0 fully saturated rings. The Morgan fingerprint density at radius 2 is 1.48 bits per heavy atom. The summed E-state index contributed by atoms with van der Waals surface area (Å²) >= 11 is 0. The average molecular weight is 381 g/mol. The fourth-order valence-corrected chi connectivity index (χ4v) is 3.34. The number of hydrogen-bond acceptors (Lipinski definition) is 4. The summed E-state index contributed by atoms with van der Waals surface area (Å²) in [5.41, 5.74) is 0. The van der Waals surface area contributed by atoms with Crippen LogP contribution in [0.4, 0.5) is 0 Å². The first-order valence-corrected chi connectivity index (χ1v) is 11.3.